The molecule has 4 aromatic rings. The van der Waals surface area contributed by atoms with E-state index >= 15 is 0 Å². The lowest BCUT2D eigenvalue weighted by Crippen LogP contribution is -2.24. The normalized spacial score (nSPS) is 10.5. The Hall–Kier alpha value is -4.06. The molecule has 4 rings (SSSR count). The number of nitrogens with one attached hydrogen (secondary N) is 1. The first-order chi connectivity index (χ1) is 15.2. The highest BCUT2D eigenvalue weighted by molar-refractivity contribution is 5.99. The Kier molecular flexibility index (Phi) is 5.98. The molecule has 0 fully saturated rings. The van der Waals surface area contributed by atoms with E-state index in [1.165, 1.54) is 0 Å². The molecule has 3 aromatic carbocycles. The van der Waals surface area contributed by atoms with Crippen molar-refractivity contribution in [2.24, 2.45) is 0 Å². The Morgan fingerprint density at radius 3 is 2.26 bits per heavy atom. The highest BCUT2D eigenvalue weighted by atomic mass is 16.5. The van der Waals surface area contributed by atoms with Crippen molar-refractivity contribution in [1.82, 2.24) is 15.1 Å². The number of rotatable bonds is 7. The summed E-state index contributed by atoms with van der Waals surface area (Å²) >= 11 is 0. The van der Waals surface area contributed by atoms with E-state index in [-0.39, 0.29) is 5.91 Å². The molecule has 0 radical (unpaired) electrons. The fraction of sp³-hybridized carbons (Fsp3) is 0.120. The van der Waals surface area contributed by atoms with Crippen LogP contribution in [-0.4, -0.2) is 29.9 Å². The summed E-state index contributed by atoms with van der Waals surface area (Å²) in [6.45, 7) is 0.420. The molecule has 0 aliphatic carbocycles. The maximum absolute atomic E-state index is 13.1. The predicted molar refractivity (Wildman–Crippen MR) is 120 cm³/mol. The molecule has 1 aromatic heterocycles. The van der Waals surface area contributed by atoms with Crippen LogP contribution in [0.4, 0.5) is 0 Å². The summed E-state index contributed by atoms with van der Waals surface area (Å²) < 4.78 is 12.5. The monoisotopic (exact) mass is 413 g/mol. The van der Waals surface area contributed by atoms with Gasteiger partial charge < -0.3 is 14.8 Å². The van der Waals surface area contributed by atoms with E-state index in [0.717, 1.165) is 16.8 Å². The molecular weight excluding hydrogens is 390 g/mol. The van der Waals surface area contributed by atoms with E-state index in [1.54, 1.807) is 18.9 Å². The predicted octanol–water partition coefficient (Wildman–Crippen LogP) is 4.49. The molecule has 0 saturated carbocycles. The first-order valence-electron chi connectivity index (χ1n) is 9.89. The third-order valence-electron chi connectivity index (χ3n) is 4.94. The van der Waals surface area contributed by atoms with Gasteiger partial charge in [0.25, 0.3) is 5.91 Å². The van der Waals surface area contributed by atoms with Crippen molar-refractivity contribution in [2.75, 3.05) is 14.2 Å². The van der Waals surface area contributed by atoms with Gasteiger partial charge in [-0.1, -0.05) is 54.6 Å². The Balaban J connectivity index is 1.72. The van der Waals surface area contributed by atoms with E-state index in [9.17, 15) is 4.79 Å². The van der Waals surface area contributed by atoms with Crippen LogP contribution in [0.5, 0.6) is 11.5 Å². The Labute approximate surface area is 181 Å². The first kappa shape index (κ1) is 20.2. The van der Waals surface area contributed by atoms with Gasteiger partial charge in [-0.25, -0.2) is 4.68 Å². The molecule has 6 nitrogen and oxygen atoms in total. The summed E-state index contributed by atoms with van der Waals surface area (Å²) in [7, 11) is 3.18. The van der Waals surface area contributed by atoms with Gasteiger partial charge in [-0.05, 0) is 35.4 Å². The maximum Gasteiger partial charge on any atom is 0.272 e. The number of benzene rings is 3. The molecule has 0 unspecified atom stereocenters. The molecule has 156 valence electrons. The minimum atomic E-state index is -0.247. The Morgan fingerprint density at radius 2 is 1.58 bits per heavy atom. The molecule has 0 atom stereocenters. The van der Waals surface area contributed by atoms with Crippen molar-refractivity contribution >= 4 is 5.91 Å². The molecule has 0 saturated heterocycles. The number of ether oxygens (including phenoxy) is 2. The van der Waals surface area contributed by atoms with Crippen LogP contribution in [0.2, 0.25) is 0 Å². The maximum atomic E-state index is 13.1. The summed E-state index contributed by atoms with van der Waals surface area (Å²) in [5, 5.41) is 7.57. The minimum Gasteiger partial charge on any atom is -0.493 e. The van der Waals surface area contributed by atoms with Gasteiger partial charge in [0.05, 0.1) is 19.9 Å². The van der Waals surface area contributed by atoms with Crippen molar-refractivity contribution < 1.29 is 14.3 Å². The summed E-state index contributed by atoms with van der Waals surface area (Å²) in [6.07, 6.45) is 1.86. The van der Waals surface area contributed by atoms with Gasteiger partial charge in [0, 0.05) is 18.3 Å². The van der Waals surface area contributed by atoms with Crippen LogP contribution in [0.1, 0.15) is 16.1 Å². The average Bonchev–Trinajstić information content (AvgIpc) is 3.29. The highest BCUT2D eigenvalue weighted by Crippen LogP contribution is 2.34. The van der Waals surface area contributed by atoms with E-state index in [4.69, 9.17) is 9.47 Å². The average molecular weight is 413 g/mol. The number of aromatic nitrogens is 2. The lowest BCUT2D eigenvalue weighted by molar-refractivity contribution is 0.0946. The van der Waals surface area contributed by atoms with Crippen LogP contribution in [0, 0.1) is 0 Å². The van der Waals surface area contributed by atoms with E-state index < -0.39 is 0 Å². The number of carbonyl (C=O) groups excluding carboxylic acids is 1. The topological polar surface area (TPSA) is 65.4 Å². The summed E-state index contributed by atoms with van der Waals surface area (Å²) in [5.74, 6) is 0.961. The lowest BCUT2D eigenvalue weighted by atomic mass is 10.1. The third kappa shape index (κ3) is 4.43. The van der Waals surface area contributed by atoms with Crippen LogP contribution in [0.15, 0.2) is 85.1 Å². The highest BCUT2D eigenvalue weighted by Gasteiger charge is 2.20. The molecule has 0 aliphatic heterocycles. The molecule has 1 N–H and O–H groups in total. The summed E-state index contributed by atoms with van der Waals surface area (Å²) in [6, 6.07) is 25.0. The molecule has 1 heterocycles. The fourth-order valence-corrected chi connectivity index (χ4v) is 3.33. The van der Waals surface area contributed by atoms with Crippen LogP contribution >= 0.6 is 0 Å². The van der Waals surface area contributed by atoms with Gasteiger partial charge in [0.15, 0.2) is 17.2 Å². The van der Waals surface area contributed by atoms with Crippen LogP contribution in [0.25, 0.3) is 16.8 Å². The zero-order valence-corrected chi connectivity index (χ0v) is 17.4. The standard InChI is InChI=1S/C25H23N3O3/c1-30-22-14-13-19(15-23(22)31-2)21-17-28(20-11-7-4-8-12-20)27-24(21)25(29)26-16-18-9-5-3-6-10-18/h3-15,17H,16H2,1-2H3,(H,26,29). The second-order valence-electron chi connectivity index (χ2n) is 6.91. The van der Waals surface area contributed by atoms with Gasteiger partial charge in [0.2, 0.25) is 0 Å². The fourth-order valence-electron chi connectivity index (χ4n) is 3.33. The van der Waals surface area contributed by atoms with Gasteiger partial charge >= 0.3 is 0 Å². The van der Waals surface area contributed by atoms with Crippen molar-refractivity contribution in [3.63, 3.8) is 0 Å². The van der Waals surface area contributed by atoms with Gasteiger partial charge in [-0.3, -0.25) is 4.79 Å². The SMILES string of the molecule is COc1ccc(-c2cn(-c3ccccc3)nc2C(=O)NCc2ccccc2)cc1OC. The Morgan fingerprint density at radius 1 is 0.903 bits per heavy atom. The second-order valence-corrected chi connectivity index (χ2v) is 6.91. The number of methoxy groups -OCH3 is 2. The van der Waals surface area contributed by atoms with Gasteiger partial charge in [-0.2, -0.15) is 5.10 Å². The molecule has 0 aliphatic rings. The van der Waals surface area contributed by atoms with E-state index in [0.29, 0.717) is 29.3 Å². The molecule has 6 heteroatoms. The minimum absolute atomic E-state index is 0.247. The van der Waals surface area contributed by atoms with Crippen molar-refractivity contribution in [3.8, 4) is 28.3 Å². The smallest absolute Gasteiger partial charge is 0.272 e. The quantitative estimate of drug-likeness (QED) is 0.485. The summed E-state index contributed by atoms with van der Waals surface area (Å²) in [5.41, 5.74) is 3.74. The number of para-hydroxylation sites is 1. The van der Waals surface area contributed by atoms with Crippen LogP contribution < -0.4 is 14.8 Å². The number of nitrogens with zero attached hydrogens (tertiary/aromatic N) is 2. The molecule has 31 heavy (non-hydrogen) atoms. The molecular formula is C25H23N3O3. The van der Waals surface area contributed by atoms with E-state index in [2.05, 4.69) is 10.4 Å². The summed E-state index contributed by atoms with van der Waals surface area (Å²) in [4.78, 5) is 13.1. The zero-order chi connectivity index (χ0) is 21.6. The lowest BCUT2D eigenvalue weighted by Gasteiger charge is -2.10. The van der Waals surface area contributed by atoms with Crippen LogP contribution in [-0.2, 0) is 6.54 Å². The largest absolute Gasteiger partial charge is 0.493 e. The van der Waals surface area contributed by atoms with Gasteiger partial charge in [-0.15, -0.1) is 0 Å². The third-order valence-corrected chi connectivity index (χ3v) is 4.94. The number of carbonyl (C=O) groups is 1. The Bertz CT molecular complexity index is 1170. The van der Waals surface area contributed by atoms with Crippen LogP contribution in [0.3, 0.4) is 0 Å². The van der Waals surface area contributed by atoms with Crippen molar-refractivity contribution in [2.45, 2.75) is 6.54 Å². The zero-order valence-electron chi connectivity index (χ0n) is 17.4. The molecule has 0 spiro atoms. The second kappa shape index (κ2) is 9.17. The van der Waals surface area contributed by atoms with Gasteiger partial charge in [0.1, 0.15) is 0 Å². The van der Waals surface area contributed by atoms with Crippen molar-refractivity contribution in [3.05, 3.63) is 96.3 Å². The number of hydrogen-bond acceptors (Lipinski definition) is 4. The first-order valence-corrected chi connectivity index (χ1v) is 9.89. The van der Waals surface area contributed by atoms with E-state index in [1.807, 2.05) is 85.1 Å². The molecule has 1 amide bonds. The number of hydrogen-bond donors (Lipinski definition) is 1. The number of amides is 1. The van der Waals surface area contributed by atoms with Crippen molar-refractivity contribution in [1.29, 1.82) is 0 Å². The molecule has 0 bridgehead atoms.